The topological polar surface area (TPSA) is 129 Å². The molecule has 0 aliphatic carbocycles. The summed E-state index contributed by atoms with van der Waals surface area (Å²) in [5.41, 5.74) is 8.31. The van der Waals surface area contributed by atoms with Crippen LogP contribution >= 0.6 is 0 Å². The summed E-state index contributed by atoms with van der Waals surface area (Å²) in [6, 6.07) is 13.9. The van der Waals surface area contributed by atoms with E-state index in [1.54, 1.807) is 6.07 Å². The lowest BCUT2D eigenvalue weighted by Gasteiger charge is -2.12. The van der Waals surface area contributed by atoms with E-state index >= 15 is 0 Å². The summed E-state index contributed by atoms with van der Waals surface area (Å²) in [6.07, 6.45) is 0.715. The lowest BCUT2D eigenvalue weighted by molar-refractivity contribution is 0.304. The van der Waals surface area contributed by atoms with Gasteiger partial charge in [0.2, 0.25) is 5.96 Å². The summed E-state index contributed by atoms with van der Waals surface area (Å²) in [5, 5.41) is 13.1. The molecule has 0 aromatic heterocycles. The molecule has 154 valence electrons. The molecular formula is C19H21FN4O4S. The number of hydrazone groups is 1. The second kappa shape index (κ2) is 9.30. The summed E-state index contributed by atoms with van der Waals surface area (Å²) in [6.45, 7) is 4.60. The summed E-state index contributed by atoms with van der Waals surface area (Å²) in [5.74, 6) is -0.182. The molecule has 0 bridgehead atoms. The van der Waals surface area contributed by atoms with Gasteiger partial charge in [-0.3, -0.25) is 9.96 Å². The quantitative estimate of drug-likeness (QED) is 0.396. The first-order valence-corrected chi connectivity index (χ1v) is 10.2. The van der Waals surface area contributed by atoms with Gasteiger partial charge in [-0.25, -0.2) is 9.40 Å². The Kier molecular flexibility index (Phi) is 7.08. The third kappa shape index (κ3) is 7.01. The van der Waals surface area contributed by atoms with Crippen molar-refractivity contribution in [3.63, 3.8) is 0 Å². The smallest absolute Gasteiger partial charge is 0.261 e. The van der Waals surface area contributed by atoms with E-state index in [4.69, 9.17) is 20.4 Å². The van der Waals surface area contributed by atoms with Crippen molar-refractivity contribution in [1.82, 2.24) is 5.01 Å². The summed E-state index contributed by atoms with van der Waals surface area (Å²) in [4.78, 5) is 0. The Hall–Kier alpha value is -3.24. The molecule has 0 spiro atoms. The van der Waals surface area contributed by atoms with E-state index in [1.165, 1.54) is 17.1 Å². The van der Waals surface area contributed by atoms with Crippen LogP contribution in [0.25, 0.3) is 0 Å². The average molecular weight is 420 g/mol. The Morgan fingerprint density at radius 2 is 1.97 bits per heavy atom. The molecule has 2 aromatic carbocycles. The zero-order chi connectivity index (χ0) is 21.6. The molecule has 3 rings (SSSR count). The molecule has 4 N–H and O–H groups in total. The van der Waals surface area contributed by atoms with E-state index in [0.29, 0.717) is 42.0 Å². The molecule has 0 radical (unpaired) electrons. The van der Waals surface area contributed by atoms with Crippen LogP contribution < -0.4 is 10.5 Å². The molecule has 0 atom stereocenters. The van der Waals surface area contributed by atoms with Gasteiger partial charge >= 0.3 is 0 Å². The third-order valence-corrected chi connectivity index (χ3v) is 3.61. The van der Waals surface area contributed by atoms with Crippen molar-refractivity contribution < 1.29 is 22.1 Å². The molecule has 0 fully saturated rings. The lowest BCUT2D eigenvalue weighted by atomic mass is 10.0. The Balaban J connectivity index is 0.000000537. The Labute approximate surface area is 168 Å². The van der Waals surface area contributed by atoms with Gasteiger partial charge in [0.15, 0.2) is 0 Å². The van der Waals surface area contributed by atoms with E-state index in [0.717, 1.165) is 5.56 Å². The monoisotopic (exact) mass is 420 g/mol. The standard InChI is InChI=1S/C18H17FN4O.CH4O3S/c1-12-10-23(18(20)21)22-17(12)15-8-7-14(19)9-16(15)24-11-13-5-3-2-4-6-13;1-5(2,3)4/h2-9H,1,10-11H2,(H3,20,21);1H3,(H,2,3,4). The van der Waals surface area contributed by atoms with Crippen molar-refractivity contribution in [1.29, 1.82) is 5.41 Å². The van der Waals surface area contributed by atoms with Crippen LogP contribution in [0.1, 0.15) is 11.1 Å². The molecule has 0 saturated carbocycles. The molecular weight excluding hydrogens is 399 g/mol. The van der Waals surface area contributed by atoms with Crippen LogP contribution in [0.15, 0.2) is 65.8 Å². The van der Waals surface area contributed by atoms with Crippen LogP contribution in [0, 0.1) is 11.2 Å². The molecule has 8 nitrogen and oxygen atoms in total. The zero-order valence-electron chi connectivity index (χ0n) is 15.7. The molecule has 0 amide bonds. The second-order valence-corrected chi connectivity index (χ2v) is 7.61. The maximum Gasteiger partial charge on any atom is 0.261 e. The normalized spacial score (nSPS) is 13.4. The van der Waals surface area contributed by atoms with Gasteiger partial charge in [-0.1, -0.05) is 36.9 Å². The molecule has 1 heterocycles. The minimum absolute atomic E-state index is 0.167. The van der Waals surface area contributed by atoms with Gasteiger partial charge in [-0.15, -0.1) is 0 Å². The van der Waals surface area contributed by atoms with Crippen LogP contribution in [0.4, 0.5) is 4.39 Å². The Morgan fingerprint density at radius 3 is 2.52 bits per heavy atom. The minimum Gasteiger partial charge on any atom is -0.488 e. The minimum atomic E-state index is -3.67. The predicted molar refractivity (Wildman–Crippen MR) is 109 cm³/mol. The van der Waals surface area contributed by atoms with Crippen molar-refractivity contribution in [3.05, 3.63) is 77.6 Å². The van der Waals surface area contributed by atoms with Gasteiger partial charge in [0.1, 0.15) is 18.2 Å². The number of nitrogens with one attached hydrogen (secondary N) is 1. The summed E-state index contributed by atoms with van der Waals surface area (Å²) < 4.78 is 45.3. The van der Waals surface area contributed by atoms with Crippen LogP contribution in [-0.2, 0) is 16.7 Å². The van der Waals surface area contributed by atoms with Gasteiger partial charge < -0.3 is 10.5 Å². The summed E-state index contributed by atoms with van der Waals surface area (Å²) >= 11 is 0. The number of nitrogens with zero attached hydrogens (tertiary/aromatic N) is 2. The van der Waals surface area contributed by atoms with Crippen molar-refractivity contribution in [3.8, 4) is 5.75 Å². The third-order valence-electron chi connectivity index (χ3n) is 3.61. The van der Waals surface area contributed by atoms with Gasteiger partial charge in [-0.2, -0.15) is 13.5 Å². The number of hydrogen-bond acceptors (Lipinski definition) is 5. The molecule has 0 saturated heterocycles. The molecule has 1 aliphatic rings. The van der Waals surface area contributed by atoms with Gasteiger partial charge in [-0.05, 0) is 23.3 Å². The fourth-order valence-corrected chi connectivity index (χ4v) is 2.41. The van der Waals surface area contributed by atoms with Crippen LogP contribution in [0.3, 0.4) is 0 Å². The molecule has 0 unspecified atom stereocenters. The largest absolute Gasteiger partial charge is 0.488 e. The van der Waals surface area contributed by atoms with Crippen molar-refractivity contribution >= 4 is 21.8 Å². The van der Waals surface area contributed by atoms with Gasteiger partial charge in [0.25, 0.3) is 10.1 Å². The summed E-state index contributed by atoms with van der Waals surface area (Å²) in [7, 11) is -3.67. The second-order valence-electron chi connectivity index (χ2n) is 6.14. The van der Waals surface area contributed by atoms with E-state index in [9.17, 15) is 12.8 Å². The molecule has 29 heavy (non-hydrogen) atoms. The lowest BCUT2D eigenvalue weighted by Crippen LogP contribution is -2.30. The SMILES string of the molecule is C=C1CN(C(=N)N)N=C1c1ccc(F)cc1OCc1ccccc1.CS(=O)(=O)O. The highest BCUT2D eigenvalue weighted by atomic mass is 32.2. The predicted octanol–water partition coefficient (Wildman–Crippen LogP) is 2.38. The number of nitrogens with two attached hydrogens (primary N) is 1. The highest BCUT2D eigenvalue weighted by molar-refractivity contribution is 7.85. The highest BCUT2D eigenvalue weighted by Crippen LogP contribution is 2.27. The van der Waals surface area contributed by atoms with Crippen molar-refractivity contribution in [2.24, 2.45) is 10.8 Å². The van der Waals surface area contributed by atoms with Crippen molar-refractivity contribution in [2.45, 2.75) is 6.61 Å². The van der Waals surface area contributed by atoms with Gasteiger partial charge in [0, 0.05) is 11.6 Å². The molecule has 10 heteroatoms. The van der Waals surface area contributed by atoms with Crippen molar-refractivity contribution in [2.75, 3.05) is 12.8 Å². The first kappa shape index (κ1) is 22.1. The number of guanidine groups is 1. The highest BCUT2D eigenvalue weighted by Gasteiger charge is 2.24. The van der Waals surface area contributed by atoms with E-state index in [-0.39, 0.29) is 5.96 Å². The van der Waals surface area contributed by atoms with Crippen LogP contribution in [-0.4, -0.2) is 42.5 Å². The molecule has 1 aliphatic heterocycles. The van der Waals surface area contributed by atoms with Crippen LogP contribution in [0.5, 0.6) is 5.75 Å². The number of halogens is 1. The van der Waals surface area contributed by atoms with E-state index < -0.39 is 15.9 Å². The first-order valence-electron chi connectivity index (χ1n) is 8.32. The van der Waals surface area contributed by atoms with E-state index in [2.05, 4.69) is 11.7 Å². The van der Waals surface area contributed by atoms with Gasteiger partial charge in [0.05, 0.1) is 18.5 Å². The number of benzene rings is 2. The fourth-order valence-electron chi connectivity index (χ4n) is 2.41. The number of rotatable bonds is 4. The number of hydrogen-bond donors (Lipinski definition) is 3. The zero-order valence-corrected chi connectivity index (χ0v) is 16.5. The maximum atomic E-state index is 13.7. The Morgan fingerprint density at radius 1 is 1.34 bits per heavy atom. The van der Waals surface area contributed by atoms with E-state index in [1.807, 2.05) is 30.3 Å². The molecule has 2 aromatic rings. The average Bonchev–Trinajstić information content (AvgIpc) is 3.01. The van der Waals surface area contributed by atoms with Crippen LogP contribution in [0.2, 0.25) is 0 Å². The maximum absolute atomic E-state index is 13.7. The first-order chi connectivity index (χ1) is 13.5. The Bertz CT molecular complexity index is 1030. The fraction of sp³-hybridized carbons (Fsp3) is 0.158. The number of ether oxygens (including phenoxy) is 1.